The highest BCUT2D eigenvalue weighted by atomic mass is 32.2. The molecule has 1 aromatic rings. The summed E-state index contributed by atoms with van der Waals surface area (Å²) in [5.74, 6) is -1.35. The zero-order valence-electron chi connectivity index (χ0n) is 15.2. The van der Waals surface area contributed by atoms with Crippen molar-refractivity contribution in [3.8, 4) is 0 Å². The van der Waals surface area contributed by atoms with Crippen LogP contribution in [0.5, 0.6) is 0 Å². The van der Waals surface area contributed by atoms with Crippen molar-refractivity contribution in [2.75, 3.05) is 19.6 Å². The Morgan fingerprint density at radius 3 is 2.37 bits per heavy atom. The number of nitrogens with one attached hydrogen (secondary N) is 1. The van der Waals surface area contributed by atoms with E-state index in [4.69, 9.17) is 9.52 Å². The molecule has 2 heterocycles. The Bertz CT molecular complexity index is 774. The Hall–Kier alpha value is -1.87. The molecule has 3 rings (SSSR count). The number of sulfonamides is 1. The molecule has 1 aliphatic carbocycles. The fourth-order valence-electron chi connectivity index (χ4n) is 3.84. The fraction of sp³-hybridized carbons (Fsp3) is 0.667. The van der Waals surface area contributed by atoms with Crippen molar-refractivity contribution in [3.05, 3.63) is 17.9 Å². The average molecular weight is 398 g/mol. The molecule has 0 aromatic carbocycles. The van der Waals surface area contributed by atoms with Gasteiger partial charge in [-0.15, -0.1) is 0 Å². The maximum atomic E-state index is 12.6. The molecule has 0 atom stereocenters. The van der Waals surface area contributed by atoms with Gasteiger partial charge in [0.15, 0.2) is 0 Å². The summed E-state index contributed by atoms with van der Waals surface area (Å²) in [4.78, 5) is 23.2. The van der Waals surface area contributed by atoms with E-state index in [-0.39, 0.29) is 30.0 Å². The minimum absolute atomic E-state index is 0.00350. The molecule has 0 spiro atoms. The molecule has 1 aliphatic heterocycles. The molecule has 1 saturated carbocycles. The normalized spacial score (nSPS) is 20.4. The minimum atomic E-state index is -3.88. The number of amides is 1. The fourth-order valence-corrected chi connectivity index (χ4v) is 5.22. The van der Waals surface area contributed by atoms with Crippen LogP contribution in [0.3, 0.4) is 0 Å². The predicted molar refractivity (Wildman–Crippen MR) is 96.7 cm³/mol. The zero-order chi connectivity index (χ0) is 19.4. The summed E-state index contributed by atoms with van der Waals surface area (Å²) in [6.45, 7) is 1.14. The van der Waals surface area contributed by atoms with Crippen LogP contribution in [0, 0.1) is 11.8 Å². The van der Waals surface area contributed by atoms with Gasteiger partial charge in [0.05, 0.1) is 0 Å². The number of aromatic carboxylic acids is 1. The van der Waals surface area contributed by atoms with Crippen molar-refractivity contribution in [3.63, 3.8) is 0 Å². The zero-order valence-corrected chi connectivity index (χ0v) is 16.0. The topological polar surface area (TPSA) is 117 Å². The number of carbonyl (C=O) groups excluding carboxylic acids is 1. The van der Waals surface area contributed by atoms with Gasteiger partial charge in [-0.2, -0.15) is 4.31 Å². The molecular formula is C18H26N2O6S. The van der Waals surface area contributed by atoms with E-state index in [1.165, 1.54) is 36.4 Å². The first-order valence-electron chi connectivity index (χ1n) is 9.49. The SMILES string of the molecule is O=C(O)c1ccc(S(=O)(=O)N2CCC(C(=O)NCC3CCCCC3)CC2)o1. The Labute approximate surface area is 159 Å². The van der Waals surface area contributed by atoms with Crippen molar-refractivity contribution in [2.24, 2.45) is 11.8 Å². The van der Waals surface area contributed by atoms with Crippen molar-refractivity contribution in [1.29, 1.82) is 0 Å². The van der Waals surface area contributed by atoms with Gasteiger partial charge >= 0.3 is 5.97 Å². The van der Waals surface area contributed by atoms with Crippen LogP contribution in [0.1, 0.15) is 55.5 Å². The van der Waals surface area contributed by atoms with Crippen LogP contribution >= 0.6 is 0 Å². The van der Waals surface area contributed by atoms with Crippen LogP contribution in [0.4, 0.5) is 0 Å². The van der Waals surface area contributed by atoms with E-state index in [2.05, 4.69) is 5.32 Å². The summed E-state index contributed by atoms with van der Waals surface area (Å²) in [5.41, 5.74) is 0. The van der Waals surface area contributed by atoms with Gasteiger partial charge in [0.2, 0.25) is 16.8 Å². The van der Waals surface area contributed by atoms with E-state index in [0.29, 0.717) is 25.3 Å². The second-order valence-corrected chi connectivity index (χ2v) is 9.22. The second-order valence-electron chi connectivity index (χ2n) is 7.35. The first-order valence-corrected chi connectivity index (χ1v) is 10.9. The lowest BCUT2D eigenvalue weighted by molar-refractivity contribution is -0.126. The molecule has 27 heavy (non-hydrogen) atoms. The highest BCUT2D eigenvalue weighted by Crippen LogP contribution is 2.26. The largest absolute Gasteiger partial charge is 0.475 e. The van der Waals surface area contributed by atoms with Gasteiger partial charge in [-0.1, -0.05) is 19.3 Å². The van der Waals surface area contributed by atoms with Gasteiger partial charge in [-0.3, -0.25) is 4.79 Å². The predicted octanol–water partition coefficient (Wildman–Crippen LogP) is 2.07. The van der Waals surface area contributed by atoms with Crippen molar-refractivity contribution < 1.29 is 27.5 Å². The second kappa shape index (κ2) is 8.43. The van der Waals surface area contributed by atoms with E-state index in [0.717, 1.165) is 12.1 Å². The summed E-state index contributed by atoms with van der Waals surface area (Å²) in [5, 5.41) is 11.5. The van der Waals surface area contributed by atoms with E-state index in [1.807, 2.05) is 0 Å². The molecule has 0 bridgehead atoms. The molecule has 0 unspecified atom stereocenters. The summed E-state index contributed by atoms with van der Waals surface area (Å²) in [6.07, 6.45) is 6.96. The van der Waals surface area contributed by atoms with Gasteiger partial charge in [0.1, 0.15) is 0 Å². The Kier molecular flexibility index (Phi) is 6.21. The van der Waals surface area contributed by atoms with Crippen LogP contribution in [0.15, 0.2) is 21.6 Å². The summed E-state index contributed by atoms with van der Waals surface area (Å²) in [7, 11) is -3.88. The number of rotatable bonds is 6. The number of carboxylic acids is 1. The third-order valence-electron chi connectivity index (χ3n) is 5.50. The number of hydrogen-bond donors (Lipinski definition) is 2. The van der Waals surface area contributed by atoms with Crippen LogP contribution < -0.4 is 5.32 Å². The monoisotopic (exact) mass is 398 g/mol. The maximum Gasteiger partial charge on any atom is 0.371 e. The number of furan rings is 1. The van der Waals surface area contributed by atoms with Gasteiger partial charge in [-0.25, -0.2) is 13.2 Å². The number of hydrogen-bond acceptors (Lipinski definition) is 5. The molecule has 1 aromatic heterocycles. The average Bonchev–Trinajstić information content (AvgIpc) is 3.18. The molecular weight excluding hydrogens is 372 g/mol. The summed E-state index contributed by atoms with van der Waals surface area (Å²) in [6, 6.07) is 2.28. The molecule has 1 saturated heterocycles. The molecule has 2 N–H and O–H groups in total. The Balaban J connectivity index is 1.51. The molecule has 2 fully saturated rings. The highest BCUT2D eigenvalue weighted by molar-refractivity contribution is 7.89. The summed E-state index contributed by atoms with van der Waals surface area (Å²) < 4.78 is 31.3. The molecule has 0 radical (unpaired) electrons. The highest BCUT2D eigenvalue weighted by Gasteiger charge is 2.34. The maximum absolute atomic E-state index is 12.6. The third kappa shape index (κ3) is 4.70. The van der Waals surface area contributed by atoms with Gasteiger partial charge in [0.25, 0.3) is 10.0 Å². The standard InChI is InChI=1S/C18H26N2O6S/c21-17(19-12-13-4-2-1-3-5-13)14-8-10-20(11-9-14)27(24,25)16-7-6-15(26-16)18(22)23/h6-7,13-14H,1-5,8-12H2,(H,19,21)(H,22,23). The minimum Gasteiger partial charge on any atom is -0.475 e. The Morgan fingerprint density at radius 2 is 1.78 bits per heavy atom. The summed E-state index contributed by atoms with van der Waals surface area (Å²) >= 11 is 0. The lowest BCUT2D eigenvalue weighted by atomic mass is 9.89. The van der Waals surface area contributed by atoms with Crippen molar-refractivity contribution >= 4 is 21.9 Å². The van der Waals surface area contributed by atoms with Gasteiger partial charge < -0.3 is 14.8 Å². The van der Waals surface area contributed by atoms with E-state index in [1.54, 1.807) is 0 Å². The Morgan fingerprint density at radius 1 is 1.11 bits per heavy atom. The first kappa shape index (κ1) is 19.9. The molecule has 150 valence electrons. The lowest BCUT2D eigenvalue weighted by Crippen LogP contribution is -2.43. The smallest absolute Gasteiger partial charge is 0.371 e. The van der Waals surface area contributed by atoms with Crippen LogP contribution in [-0.2, 0) is 14.8 Å². The van der Waals surface area contributed by atoms with Crippen LogP contribution in [0.25, 0.3) is 0 Å². The molecule has 9 heteroatoms. The third-order valence-corrected chi connectivity index (χ3v) is 7.27. The van der Waals surface area contributed by atoms with Crippen molar-refractivity contribution in [2.45, 2.75) is 50.0 Å². The number of piperidine rings is 1. The number of nitrogens with zero attached hydrogens (tertiary/aromatic N) is 1. The first-order chi connectivity index (χ1) is 12.9. The number of carboxylic acid groups (broad SMARTS) is 1. The molecule has 2 aliphatic rings. The van der Waals surface area contributed by atoms with E-state index in [9.17, 15) is 18.0 Å². The van der Waals surface area contributed by atoms with E-state index >= 15 is 0 Å². The lowest BCUT2D eigenvalue weighted by Gasteiger charge is -2.30. The van der Waals surface area contributed by atoms with Crippen molar-refractivity contribution in [1.82, 2.24) is 9.62 Å². The van der Waals surface area contributed by atoms with E-state index < -0.39 is 21.8 Å². The quantitative estimate of drug-likeness (QED) is 0.758. The van der Waals surface area contributed by atoms with Gasteiger partial charge in [-0.05, 0) is 43.7 Å². The molecule has 1 amide bonds. The molecule has 8 nitrogen and oxygen atoms in total. The number of carbonyl (C=O) groups is 2. The van der Waals surface area contributed by atoms with Crippen LogP contribution in [-0.4, -0.2) is 49.3 Å². The van der Waals surface area contributed by atoms with Crippen LogP contribution in [0.2, 0.25) is 0 Å². The van der Waals surface area contributed by atoms with Gasteiger partial charge in [0, 0.05) is 25.6 Å².